The fourth-order valence-corrected chi connectivity index (χ4v) is 1.63. The van der Waals surface area contributed by atoms with E-state index in [1.807, 2.05) is 31.2 Å². The number of hydrogen-bond acceptors (Lipinski definition) is 2. The van der Waals surface area contributed by atoms with Crippen LogP contribution in [0.1, 0.15) is 37.7 Å². The van der Waals surface area contributed by atoms with Crippen LogP contribution < -0.4 is 4.74 Å². The van der Waals surface area contributed by atoms with Crippen molar-refractivity contribution < 1.29 is 14.6 Å². The lowest BCUT2D eigenvalue weighted by Crippen LogP contribution is -2.03. The molecule has 1 unspecified atom stereocenters. The minimum Gasteiger partial charge on any atom is -0.490 e. The van der Waals surface area contributed by atoms with Crippen LogP contribution in [0.25, 0.3) is 0 Å². The van der Waals surface area contributed by atoms with Crippen LogP contribution in [0.4, 0.5) is 0 Å². The molecule has 1 aliphatic carbocycles. The molecule has 1 aliphatic rings. The number of rotatable bonds is 5. The van der Waals surface area contributed by atoms with Crippen LogP contribution in [0.15, 0.2) is 24.3 Å². The lowest BCUT2D eigenvalue weighted by molar-refractivity contribution is -0.137. The standard InChI is InChI=1S/C13H16O3/c1-9(8-13(14)15)10-2-4-11(5-3-10)16-12-6-7-12/h2-5,9,12H,6-8H2,1H3,(H,14,15). The van der Waals surface area contributed by atoms with E-state index in [0.29, 0.717) is 6.10 Å². The van der Waals surface area contributed by atoms with Crippen molar-refractivity contribution in [1.29, 1.82) is 0 Å². The minimum absolute atomic E-state index is 0.0486. The Bertz CT molecular complexity index is 365. The third-order valence-corrected chi connectivity index (χ3v) is 2.76. The first-order chi connectivity index (χ1) is 7.65. The van der Waals surface area contributed by atoms with Crippen molar-refractivity contribution in [2.75, 3.05) is 0 Å². The summed E-state index contributed by atoms with van der Waals surface area (Å²) in [6, 6.07) is 7.74. The molecule has 86 valence electrons. The van der Waals surface area contributed by atoms with Gasteiger partial charge in [0.1, 0.15) is 5.75 Å². The molecule has 0 saturated heterocycles. The summed E-state index contributed by atoms with van der Waals surface area (Å²) in [6.45, 7) is 1.92. The predicted molar refractivity (Wildman–Crippen MR) is 60.8 cm³/mol. The highest BCUT2D eigenvalue weighted by atomic mass is 16.5. The van der Waals surface area contributed by atoms with E-state index in [9.17, 15) is 4.79 Å². The van der Waals surface area contributed by atoms with E-state index in [-0.39, 0.29) is 12.3 Å². The number of carboxylic acids is 1. The summed E-state index contributed by atoms with van der Waals surface area (Å²) in [5.41, 5.74) is 1.05. The third kappa shape index (κ3) is 2.99. The molecule has 3 nitrogen and oxygen atoms in total. The van der Waals surface area contributed by atoms with Crippen molar-refractivity contribution in [2.24, 2.45) is 0 Å². The lowest BCUT2D eigenvalue weighted by Gasteiger charge is -2.10. The van der Waals surface area contributed by atoms with Crippen molar-refractivity contribution in [3.63, 3.8) is 0 Å². The van der Waals surface area contributed by atoms with Crippen molar-refractivity contribution >= 4 is 5.97 Å². The molecule has 0 heterocycles. The highest BCUT2D eigenvalue weighted by Gasteiger charge is 2.23. The van der Waals surface area contributed by atoms with Crippen molar-refractivity contribution in [3.8, 4) is 5.75 Å². The molecule has 0 radical (unpaired) electrons. The van der Waals surface area contributed by atoms with Gasteiger partial charge in [-0.15, -0.1) is 0 Å². The molecule has 0 aromatic heterocycles. The Labute approximate surface area is 95.0 Å². The second-order valence-corrected chi connectivity index (χ2v) is 4.39. The first-order valence-electron chi connectivity index (χ1n) is 5.63. The highest BCUT2D eigenvalue weighted by molar-refractivity contribution is 5.67. The van der Waals surface area contributed by atoms with Gasteiger partial charge < -0.3 is 9.84 Å². The summed E-state index contributed by atoms with van der Waals surface area (Å²) in [6.07, 6.45) is 2.87. The number of ether oxygens (including phenoxy) is 1. The maximum Gasteiger partial charge on any atom is 0.303 e. The normalized spacial score (nSPS) is 16.8. The van der Waals surface area contributed by atoms with Gasteiger partial charge in [0.15, 0.2) is 0 Å². The Balaban J connectivity index is 1.97. The molecule has 1 saturated carbocycles. The van der Waals surface area contributed by atoms with Gasteiger partial charge in [0.05, 0.1) is 12.5 Å². The van der Waals surface area contributed by atoms with Gasteiger partial charge in [-0.2, -0.15) is 0 Å². The molecule has 16 heavy (non-hydrogen) atoms. The number of aliphatic carboxylic acids is 1. The van der Waals surface area contributed by atoms with Crippen LogP contribution in [0.2, 0.25) is 0 Å². The highest BCUT2D eigenvalue weighted by Crippen LogP contribution is 2.28. The summed E-state index contributed by atoms with van der Waals surface area (Å²) in [4.78, 5) is 10.6. The van der Waals surface area contributed by atoms with Crippen LogP contribution in [0, 0.1) is 0 Å². The maximum atomic E-state index is 10.6. The molecule has 0 amide bonds. The van der Waals surface area contributed by atoms with E-state index in [1.54, 1.807) is 0 Å². The molecule has 1 fully saturated rings. The van der Waals surface area contributed by atoms with Gasteiger partial charge in [0.2, 0.25) is 0 Å². The fraction of sp³-hybridized carbons (Fsp3) is 0.462. The number of benzene rings is 1. The molecule has 0 spiro atoms. The van der Waals surface area contributed by atoms with Crippen molar-refractivity contribution in [1.82, 2.24) is 0 Å². The average molecular weight is 220 g/mol. The number of hydrogen-bond donors (Lipinski definition) is 1. The van der Waals surface area contributed by atoms with Crippen LogP contribution in [0.3, 0.4) is 0 Å². The second kappa shape index (κ2) is 4.56. The average Bonchev–Trinajstić information content (AvgIpc) is 3.01. The smallest absolute Gasteiger partial charge is 0.303 e. The van der Waals surface area contributed by atoms with Gasteiger partial charge in [-0.05, 0) is 36.5 Å². The zero-order valence-electron chi connectivity index (χ0n) is 9.35. The second-order valence-electron chi connectivity index (χ2n) is 4.39. The Morgan fingerprint density at radius 1 is 1.44 bits per heavy atom. The SMILES string of the molecule is CC(CC(=O)O)c1ccc(OC2CC2)cc1. The molecule has 0 bridgehead atoms. The van der Waals surface area contributed by atoms with Gasteiger partial charge in [-0.25, -0.2) is 0 Å². The third-order valence-electron chi connectivity index (χ3n) is 2.76. The van der Waals surface area contributed by atoms with Crippen LogP contribution in [0.5, 0.6) is 5.75 Å². The fourth-order valence-electron chi connectivity index (χ4n) is 1.63. The number of carboxylic acid groups (broad SMARTS) is 1. The molecule has 1 N–H and O–H groups in total. The van der Waals surface area contributed by atoms with Gasteiger partial charge in [0, 0.05) is 0 Å². The van der Waals surface area contributed by atoms with Crippen molar-refractivity contribution in [2.45, 2.75) is 38.2 Å². The van der Waals surface area contributed by atoms with E-state index in [4.69, 9.17) is 9.84 Å². The van der Waals surface area contributed by atoms with Gasteiger partial charge in [-0.1, -0.05) is 19.1 Å². The first-order valence-corrected chi connectivity index (χ1v) is 5.63. The molecule has 0 aliphatic heterocycles. The molecule has 1 aromatic carbocycles. The maximum absolute atomic E-state index is 10.6. The molecule has 3 heteroatoms. The quantitative estimate of drug-likeness (QED) is 0.830. The van der Waals surface area contributed by atoms with Gasteiger partial charge in [0.25, 0.3) is 0 Å². The molecule has 1 aromatic rings. The lowest BCUT2D eigenvalue weighted by atomic mass is 9.98. The summed E-state index contributed by atoms with van der Waals surface area (Å²) in [7, 11) is 0. The Morgan fingerprint density at radius 3 is 2.56 bits per heavy atom. The van der Waals surface area contributed by atoms with E-state index in [1.165, 1.54) is 0 Å². The van der Waals surface area contributed by atoms with Crippen molar-refractivity contribution in [3.05, 3.63) is 29.8 Å². The zero-order chi connectivity index (χ0) is 11.5. The summed E-state index contributed by atoms with van der Waals surface area (Å²) < 4.78 is 5.62. The number of carbonyl (C=O) groups is 1. The van der Waals surface area contributed by atoms with E-state index in [2.05, 4.69) is 0 Å². The summed E-state index contributed by atoms with van der Waals surface area (Å²) >= 11 is 0. The van der Waals surface area contributed by atoms with Crippen LogP contribution in [-0.4, -0.2) is 17.2 Å². The van der Waals surface area contributed by atoms with Crippen LogP contribution in [-0.2, 0) is 4.79 Å². The van der Waals surface area contributed by atoms with Gasteiger partial charge in [-0.3, -0.25) is 4.79 Å². The molecule has 2 rings (SSSR count). The van der Waals surface area contributed by atoms with Gasteiger partial charge >= 0.3 is 5.97 Å². The molecular formula is C13H16O3. The monoisotopic (exact) mass is 220 g/mol. The minimum atomic E-state index is -0.759. The largest absolute Gasteiger partial charge is 0.490 e. The Hall–Kier alpha value is -1.51. The molecule has 1 atom stereocenters. The van der Waals surface area contributed by atoms with E-state index in [0.717, 1.165) is 24.2 Å². The topological polar surface area (TPSA) is 46.5 Å². The molecular weight excluding hydrogens is 204 g/mol. The first kappa shape index (κ1) is 11.0. The van der Waals surface area contributed by atoms with E-state index < -0.39 is 5.97 Å². The van der Waals surface area contributed by atoms with E-state index >= 15 is 0 Å². The summed E-state index contributed by atoms with van der Waals surface area (Å²) in [5, 5.41) is 8.70. The predicted octanol–water partition coefficient (Wildman–Crippen LogP) is 2.81. The van der Waals surface area contributed by atoms with Crippen LogP contribution >= 0.6 is 0 Å². The zero-order valence-corrected chi connectivity index (χ0v) is 9.35. The summed E-state index contributed by atoms with van der Waals surface area (Å²) in [5.74, 6) is 0.173. The Morgan fingerprint density at radius 2 is 2.06 bits per heavy atom. The Kier molecular flexibility index (Phi) is 3.13.